The van der Waals surface area contributed by atoms with Gasteiger partial charge in [0.05, 0.1) is 0 Å². The number of rotatable bonds is 2. The Balaban J connectivity index is 3.18. The van der Waals surface area contributed by atoms with Gasteiger partial charge in [-0.2, -0.15) is 0 Å². The smallest absolute Gasteiger partial charge is 0.423 e. The van der Waals surface area contributed by atoms with Crippen LogP contribution in [0.2, 0.25) is 0 Å². The third-order valence-corrected chi connectivity index (χ3v) is 1.97. The van der Waals surface area contributed by atoms with Gasteiger partial charge in [-0.3, -0.25) is 0 Å². The quantitative estimate of drug-likeness (QED) is 0.374. The Hall–Kier alpha value is -0.810. The predicted molar refractivity (Wildman–Crippen MR) is 50.8 cm³/mol. The van der Waals surface area contributed by atoms with Crippen LogP contribution in [0, 0.1) is 6.92 Å². The molecule has 0 fully saturated rings. The number of benzene rings is 1. The third kappa shape index (κ3) is 2.10. The third-order valence-electron chi connectivity index (χ3n) is 1.97. The largest absolute Gasteiger partial charge is 0.488 e. The van der Waals surface area contributed by atoms with Crippen LogP contribution < -0.4 is 10.9 Å². The molecule has 0 saturated heterocycles. The van der Waals surface area contributed by atoms with Gasteiger partial charge in [0.25, 0.3) is 0 Å². The molecule has 4 nitrogen and oxygen atoms in total. The lowest BCUT2D eigenvalue weighted by Crippen LogP contribution is -2.41. The van der Waals surface area contributed by atoms with Gasteiger partial charge in [-0.05, 0) is 17.8 Å². The van der Waals surface area contributed by atoms with Gasteiger partial charge in [-0.15, -0.1) is 0 Å². The van der Waals surface area contributed by atoms with Crippen molar-refractivity contribution in [3.8, 4) is 0 Å². The van der Waals surface area contributed by atoms with Crippen molar-refractivity contribution in [3.63, 3.8) is 0 Å². The molecule has 0 unspecified atom stereocenters. The molecule has 0 aliphatic rings. The van der Waals surface area contributed by atoms with E-state index in [1.165, 1.54) is 18.2 Å². The zero-order chi connectivity index (χ0) is 10.0. The van der Waals surface area contributed by atoms with Crippen molar-refractivity contribution in [1.29, 1.82) is 0 Å². The molecule has 0 aliphatic carbocycles. The van der Waals surface area contributed by atoms with Crippen LogP contribution in [0.1, 0.15) is 5.56 Å². The molecule has 0 atom stereocenters. The first-order valence-electron chi connectivity index (χ1n) is 3.85. The van der Waals surface area contributed by atoms with E-state index in [0.717, 1.165) is 0 Å². The highest BCUT2D eigenvalue weighted by atomic mass is 16.4. The average molecular weight is 180 g/mol. The molecule has 13 heavy (non-hydrogen) atoms. The summed E-state index contributed by atoms with van der Waals surface area (Å²) in [5, 5.41) is 35.6. The molecule has 4 N–H and O–H groups in total. The van der Waals surface area contributed by atoms with E-state index >= 15 is 0 Å². The van der Waals surface area contributed by atoms with Gasteiger partial charge >= 0.3 is 14.2 Å². The molecule has 0 amide bonds. The highest BCUT2D eigenvalue weighted by Crippen LogP contribution is 1.93. The second-order valence-corrected chi connectivity index (χ2v) is 2.81. The van der Waals surface area contributed by atoms with E-state index in [1.807, 2.05) is 0 Å². The molecule has 1 aromatic rings. The summed E-state index contributed by atoms with van der Waals surface area (Å²) in [6, 6.07) is 4.58. The van der Waals surface area contributed by atoms with Crippen molar-refractivity contribution < 1.29 is 20.1 Å². The summed E-state index contributed by atoms with van der Waals surface area (Å²) in [5.74, 6) is 0. The summed E-state index contributed by atoms with van der Waals surface area (Å²) in [6.07, 6.45) is 0. The second kappa shape index (κ2) is 3.93. The molecule has 0 spiro atoms. The minimum absolute atomic E-state index is 0.283. The van der Waals surface area contributed by atoms with Crippen LogP contribution in [-0.2, 0) is 0 Å². The van der Waals surface area contributed by atoms with Gasteiger partial charge in [0.15, 0.2) is 0 Å². The zero-order valence-corrected chi connectivity index (χ0v) is 7.18. The summed E-state index contributed by atoms with van der Waals surface area (Å²) in [6.45, 7) is 1.60. The molecule has 0 aliphatic heterocycles. The Morgan fingerprint density at radius 2 is 1.31 bits per heavy atom. The van der Waals surface area contributed by atoms with Gasteiger partial charge in [-0.25, -0.2) is 0 Å². The minimum Gasteiger partial charge on any atom is -0.423 e. The number of hydrogen-bond donors (Lipinski definition) is 4. The lowest BCUT2D eigenvalue weighted by molar-refractivity contribution is 0.425. The van der Waals surface area contributed by atoms with Crippen LogP contribution >= 0.6 is 0 Å². The highest BCUT2D eigenvalue weighted by molar-refractivity contribution is 6.63. The van der Waals surface area contributed by atoms with Crippen LogP contribution in [0.3, 0.4) is 0 Å². The van der Waals surface area contributed by atoms with Crippen molar-refractivity contribution >= 4 is 25.2 Å². The summed E-state index contributed by atoms with van der Waals surface area (Å²) in [5.41, 5.74) is 1.05. The maximum Gasteiger partial charge on any atom is 0.488 e. The molecule has 0 radical (unpaired) electrons. The Morgan fingerprint density at radius 3 is 1.62 bits per heavy atom. The van der Waals surface area contributed by atoms with E-state index in [1.54, 1.807) is 6.92 Å². The fourth-order valence-electron chi connectivity index (χ4n) is 1.23. The van der Waals surface area contributed by atoms with Crippen LogP contribution in [0.4, 0.5) is 0 Å². The topological polar surface area (TPSA) is 80.9 Å². The van der Waals surface area contributed by atoms with Crippen LogP contribution in [0.15, 0.2) is 18.2 Å². The van der Waals surface area contributed by atoms with Gasteiger partial charge < -0.3 is 20.1 Å². The lowest BCUT2D eigenvalue weighted by atomic mass is 9.69. The Bertz CT molecular complexity index is 274. The van der Waals surface area contributed by atoms with E-state index in [-0.39, 0.29) is 10.9 Å². The molecule has 6 heteroatoms. The first-order valence-corrected chi connectivity index (χ1v) is 3.85. The molecule has 0 aromatic heterocycles. The van der Waals surface area contributed by atoms with E-state index in [4.69, 9.17) is 20.1 Å². The Morgan fingerprint density at radius 1 is 0.923 bits per heavy atom. The summed E-state index contributed by atoms with van der Waals surface area (Å²) >= 11 is 0. The van der Waals surface area contributed by atoms with Crippen molar-refractivity contribution in [2.45, 2.75) is 6.92 Å². The molecule has 0 bridgehead atoms. The second-order valence-electron chi connectivity index (χ2n) is 2.81. The lowest BCUT2D eigenvalue weighted by Gasteiger charge is -2.09. The van der Waals surface area contributed by atoms with Crippen LogP contribution in [0.5, 0.6) is 0 Å². The Labute approximate surface area is 76.8 Å². The molecule has 0 heterocycles. The zero-order valence-electron chi connectivity index (χ0n) is 7.18. The molecular formula is C7H10B2O4. The van der Waals surface area contributed by atoms with E-state index < -0.39 is 14.2 Å². The van der Waals surface area contributed by atoms with Crippen LogP contribution in [-0.4, -0.2) is 34.3 Å². The van der Waals surface area contributed by atoms with Crippen molar-refractivity contribution in [1.82, 2.24) is 0 Å². The van der Waals surface area contributed by atoms with Gasteiger partial charge in [0.1, 0.15) is 0 Å². The SMILES string of the molecule is Cc1c(B(O)O)cccc1B(O)O. The van der Waals surface area contributed by atoms with Crippen molar-refractivity contribution in [3.05, 3.63) is 23.8 Å². The minimum atomic E-state index is -1.58. The van der Waals surface area contributed by atoms with E-state index in [2.05, 4.69) is 0 Å². The van der Waals surface area contributed by atoms with Crippen molar-refractivity contribution in [2.24, 2.45) is 0 Å². The van der Waals surface area contributed by atoms with Gasteiger partial charge in [0, 0.05) is 0 Å². The first-order chi connectivity index (χ1) is 6.04. The van der Waals surface area contributed by atoms with Crippen molar-refractivity contribution in [2.75, 3.05) is 0 Å². The summed E-state index contributed by atoms with van der Waals surface area (Å²) in [7, 11) is -3.17. The Kier molecular flexibility index (Phi) is 3.11. The summed E-state index contributed by atoms with van der Waals surface area (Å²) in [4.78, 5) is 0. The fourth-order valence-corrected chi connectivity index (χ4v) is 1.23. The maximum atomic E-state index is 8.90. The molecule has 0 saturated carbocycles. The van der Waals surface area contributed by atoms with Gasteiger partial charge in [-0.1, -0.05) is 23.8 Å². The van der Waals surface area contributed by atoms with E-state index in [0.29, 0.717) is 5.56 Å². The maximum absolute atomic E-state index is 8.90. The predicted octanol–water partition coefficient (Wildman–Crippen LogP) is -2.65. The molecule has 1 aromatic carbocycles. The molecule has 1 rings (SSSR count). The standard InChI is InChI=1S/C7H10B2O4/c1-5-6(8(10)11)3-2-4-7(5)9(12)13/h2-4,10-13H,1H3. The first kappa shape index (κ1) is 10.3. The summed E-state index contributed by atoms with van der Waals surface area (Å²) < 4.78 is 0. The highest BCUT2D eigenvalue weighted by Gasteiger charge is 2.20. The van der Waals surface area contributed by atoms with Crippen LogP contribution in [0.25, 0.3) is 0 Å². The molecule has 68 valence electrons. The normalized spacial score (nSPS) is 9.92. The monoisotopic (exact) mass is 180 g/mol. The fraction of sp³-hybridized carbons (Fsp3) is 0.143. The number of hydrogen-bond acceptors (Lipinski definition) is 4. The average Bonchev–Trinajstić information content (AvgIpc) is 2.03. The molecular weight excluding hydrogens is 170 g/mol. The van der Waals surface area contributed by atoms with Gasteiger partial charge in [0.2, 0.25) is 0 Å². The van der Waals surface area contributed by atoms with E-state index in [9.17, 15) is 0 Å².